The lowest BCUT2D eigenvalue weighted by atomic mass is 9.94. The minimum atomic E-state index is -1.06. The molecule has 0 aliphatic carbocycles. The van der Waals surface area contributed by atoms with Gasteiger partial charge in [-0.1, -0.05) is 0 Å². The van der Waals surface area contributed by atoms with Crippen LogP contribution in [0.25, 0.3) is 0 Å². The van der Waals surface area contributed by atoms with E-state index in [9.17, 15) is 9.90 Å². The van der Waals surface area contributed by atoms with E-state index in [1.807, 2.05) is 4.90 Å². The Kier molecular flexibility index (Phi) is 3.11. The molecule has 1 aromatic rings. The summed E-state index contributed by atoms with van der Waals surface area (Å²) in [6, 6.07) is 0. The van der Waals surface area contributed by atoms with Crippen LogP contribution in [-0.2, 0) is 10.3 Å². The summed E-state index contributed by atoms with van der Waals surface area (Å²) < 4.78 is 0. The number of rotatable bonds is 3. The lowest BCUT2D eigenvalue weighted by Gasteiger charge is -2.34. The fraction of sp³-hybridized carbons (Fsp3) is 0.583. The molecule has 0 saturated carbocycles. The summed E-state index contributed by atoms with van der Waals surface area (Å²) in [6.45, 7) is 5.13. The Morgan fingerprint density at radius 1 is 1.35 bits per heavy atom. The van der Waals surface area contributed by atoms with Gasteiger partial charge in [-0.2, -0.15) is 0 Å². The predicted molar refractivity (Wildman–Crippen MR) is 62.6 cm³/mol. The van der Waals surface area contributed by atoms with Gasteiger partial charge in [0.1, 0.15) is 0 Å². The molecule has 1 aromatic heterocycles. The Bertz CT molecular complexity index is 430. The number of nitrogens with zero attached hydrogens (tertiary/aromatic N) is 3. The van der Waals surface area contributed by atoms with Crippen molar-refractivity contribution in [3.63, 3.8) is 0 Å². The van der Waals surface area contributed by atoms with Crippen LogP contribution in [0.5, 0.6) is 0 Å². The van der Waals surface area contributed by atoms with Gasteiger partial charge >= 0.3 is 5.97 Å². The first kappa shape index (κ1) is 12.0. The second-order valence-electron chi connectivity index (χ2n) is 4.56. The number of hydrogen-bond donors (Lipinski definition) is 1. The first-order valence-electron chi connectivity index (χ1n) is 5.83. The quantitative estimate of drug-likeness (QED) is 0.852. The third-order valence-corrected chi connectivity index (χ3v) is 3.50. The van der Waals surface area contributed by atoms with Crippen molar-refractivity contribution in [2.75, 3.05) is 13.1 Å². The topological polar surface area (TPSA) is 66.3 Å². The molecule has 0 amide bonds. The number of aliphatic carboxylic acids is 1. The van der Waals surface area contributed by atoms with Crippen molar-refractivity contribution in [2.45, 2.75) is 32.2 Å². The van der Waals surface area contributed by atoms with E-state index in [0.29, 0.717) is 11.4 Å². The zero-order valence-corrected chi connectivity index (χ0v) is 10.2. The average molecular weight is 235 g/mol. The molecule has 1 atom stereocenters. The molecule has 1 fully saturated rings. The first-order chi connectivity index (χ1) is 8.06. The fourth-order valence-electron chi connectivity index (χ4n) is 2.44. The van der Waals surface area contributed by atoms with Crippen molar-refractivity contribution >= 4 is 5.97 Å². The van der Waals surface area contributed by atoms with Gasteiger partial charge in [0.2, 0.25) is 0 Å². The Morgan fingerprint density at radius 3 is 2.47 bits per heavy atom. The Balaban J connectivity index is 2.47. The molecular formula is C12H17N3O2. The van der Waals surface area contributed by atoms with Crippen molar-refractivity contribution in [1.82, 2.24) is 14.9 Å². The van der Waals surface area contributed by atoms with Gasteiger partial charge in [-0.25, -0.2) is 4.79 Å². The van der Waals surface area contributed by atoms with Gasteiger partial charge in [0.15, 0.2) is 5.54 Å². The number of hydrogen-bond acceptors (Lipinski definition) is 4. The standard InChI is InChI=1S/C12H17N3O2/c1-9-10(14-6-5-13-9)12(2,11(16)17)15-7-3-4-8-15/h5-6H,3-4,7-8H2,1-2H3,(H,16,17). The Labute approximate surface area is 100 Å². The third-order valence-electron chi connectivity index (χ3n) is 3.50. The fourth-order valence-corrected chi connectivity index (χ4v) is 2.44. The van der Waals surface area contributed by atoms with Crippen LogP contribution >= 0.6 is 0 Å². The summed E-state index contributed by atoms with van der Waals surface area (Å²) in [5, 5.41) is 9.56. The summed E-state index contributed by atoms with van der Waals surface area (Å²) in [7, 11) is 0. The zero-order valence-electron chi connectivity index (χ0n) is 10.2. The van der Waals surface area contributed by atoms with Crippen molar-refractivity contribution in [3.05, 3.63) is 23.8 Å². The number of carboxylic acids is 1. The van der Waals surface area contributed by atoms with Gasteiger partial charge in [-0.05, 0) is 39.8 Å². The van der Waals surface area contributed by atoms with Crippen LogP contribution in [0.1, 0.15) is 31.2 Å². The van der Waals surface area contributed by atoms with Gasteiger partial charge in [0.05, 0.1) is 11.4 Å². The summed E-state index contributed by atoms with van der Waals surface area (Å²) in [4.78, 5) is 22.0. The maximum atomic E-state index is 11.7. The molecular weight excluding hydrogens is 218 g/mol. The molecule has 1 aliphatic heterocycles. The molecule has 1 aliphatic rings. The monoisotopic (exact) mass is 235 g/mol. The SMILES string of the molecule is Cc1nccnc1C(C)(C(=O)O)N1CCCC1. The maximum Gasteiger partial charge on any atom is 0.330 e. The number of aromatic nitrogens is 2. The lowest BCUT2D eigenvalue weighted by Crippen LogP contribution is -2.49. The van der Waals surface area contributed by atoms with Gasteiger partial charge < -0.3 is 5.11 Å². The van der Waals surface area contributed by atoms with Gasteiger partial charge in [0, 0.05) is 12.4 Å². The van der Waals surface area contributed by atoms with E-state index in [-0.39, 0.29) is 0 Å². The number of aryl methyl sites for hydroxylation is 1. The largest absolute Gasteiger partial charge is 0.480 e. The molecule has 5 heteroatoms. The van der Waals surface area contributed by atoms with Crippen LogP contribution in [-0.4, -0.2) is 39.0 Å². The van der Waals surface area contributed by atoms with Crippen molar-refractivity contribution in [3.8, 4) is 0 Å². The minimum absolute atomic E-state index is 0.550. The molecule has 1 N–H and O–H groups in total. The second-order valence-corrected chi connectivity index (χ2v) is 4.56. The van der Waals surface area contributed by atoms with E-state index in [4.69, 9.17) is 0 Å². The number of likely N-dealkylation sites (tertiary alicyclic amines) is 1. The van der Waals surface area contributed by atoms with E-state index in [2.05, 4.69) is 9.97 Å². The highest BCUT2D eigenvalue weighted by Gasteiger charge is 2.44. The van der Waals surface area contributed by atoms with Crippen LogP contribution in [0.4, 0.5) is 0 Å². The van der Waals surface area contributed by atoms with Crippen LogP contribution in [0, 0.1) is 6.92 Å². The van der Waals surface area contributed by atoms with Crippen LogP contribution < -0.4 is 0 Å². The molecule has 2 rings (SSSR count). The van der Waals surface area contributed by atoms with Gasteiger partial charge in [-0.15, -0.1) is 0 Å². The molecule has 0 spiro atoms. The molecule has 1 saturated heterocycles. The maximum absolute atomic E-state index is 11.7. The van der Waals surface area contributed by atoms with Crippen LogP contribution in [0.2, 0.25) is 0 Å². The lowest BCUT2D eigenvalue weighted by molar-refractivity contribution is -0.151. The molecule has 0 aromatic carbocycles. The van der Waals surface area contributed by atoms with Crippen molar-refractivity contribution in [1.29, 1.82) is 0 Å². The molecule has 0 radical (unpaired) electrons. The average Bonchev–Trinajstić information content (AvgIpc) is 2.82. The van der Waals surface area contributed by atoms with E-state index >= 15 is 0 Å². The van der Waals surface area contributed by atoms with Gasteiger partial charge in [-0.3, -0.25) is 14.9 Å². The molecule has 0 bridgehead atoms. The Hall–Kier alpha value is -1.49. The van der Waals surface area contributed by atoms with Gasteiger partial charge in [0.25, 0.3) is 0 Å². The molecule has 2 heterocycles. The van der Waals surface area contributed by atoms with E-state index in [0.717, 1.165) is 25.9 Å². The number of carbonyl (C=O) groups is 1. The highest BCUT2D eigenvalue weighted by atomic mass is 16.4. The summed E-state index contributed by atoms with van der Waals surface area (Å²) in [5.41, 5.74) is 0.174. The molecule has 1 unspecified atom stereocenters. The summed E-state index contributed by atoms with van der Waals surface area (Å²) in [6.07, 6.45) is 5.23. The van der Waals surface area contributed by atoms with E-state index < -0.39 is 11.5 Å². The summed E-state index contributed by atoms with van der Waals surface area (Å²) >= 11 is 0. The highest BCUT2D eigenvalue weighted by molar-refractivity contribution is 5.80. The minimum Gasteiger partial charge on any atom is -0.480 e. The molecule has 17 heavy (non-hydrogen) atoms. The second kappa shape index (κ2) is 4.41. The van der Waals surface area contributed by atoms with E-state index in [1.54, 1.807) is 26.2 Å². The predicted octanol–water partition coefficient (Wildman–Crippen LogP) is 1.18. The van der Waals surface area contributed by atoms with Crippen LogP contribution in [0.3, 0.4) is 0 Å². The molecule has 5 nitrogen and oxygen atoms in total. The third kappa shape index (κ3) is 1.91. The normalized spacial score (nSPS) is 20.1. The summed E-state index contributed by atoms with van der Waals surface area (Å²) in [5.74, 6) is -0.858. The Morgan fingerprint density at radius 2 is 1.94 bits per heavy atom. The van der Waals surface area contributed by atoms with Crippen molar-refractivity contribution < 1.29 is 9.90 Å². The smallest absolute Gasteiger partial charge is 0.330 e. The van der Waals surface area contributed by atoms with Crippen molar-refractivity contribution in [2.24, 2.45) is 0 Å². The molecule has 92 valence electrons. The highest BCUT2D eigenvalue weighted by Crippen LogP contribution is 2.31. The number of carboxylic acid groups (broad SMARTS) is 1. The van der Waals surface area contributed by atoms with Crippen LogP contribution in [0.15, 0.2) is 12.4 Å². The first-order valence-corrected chi connectivity index (χ1v) is 5.83. The van der Waals surface area contributed by atoms with E-state index in [1.165, 1.54) is 0 Å². The zero-order chi connectivity index (χ0) is 12.5.